The number of ether oxygens (including phenoxy) is 1. The highest BCUT2D eigenvalue weighted by molar-refractivity contribution is 5.01. The zero-order chi connectivity index (χ0) is 9.60. The van der Waals surface area contributed by atoms with Crippen LogP contribution in [0, 0.1) is 0 Å². The van der Waals surface area contributed by atoms with Gasteiger partial charge >= 0.3 is 0 Å². The molecule has 3 heteroatoms. The summed E-state index contributed by atoms with van der Waals surface area (Å²) >= 11 is 0. The predicted octanol–water partition coefficient (Wildman–Crippen LogP) is 0.949. The van der Waals surface area contributed by atoms with Gasteiger partial charge in [0.2, 0.25) is 0 Å². The average molecular weight is 196 g/mol. The first kappa shape index (κ1) is 9.13. The monoisotopic (exact) mass is 196 g/mol. The molecule has 3 aliphatic heterocycles. The maximum absolute atomic E-state index is 6.00. The quantitative estimate of drug-likeness (QED) is 0.624. The van der Waals surface area contributed by atoms with Crippen LogP contribution in [0.25, 0.3) is 0 Å². The number of hydrogen-bond acceptors (Lipinski definition) is 3. The van der Waals surface area contributed by atoms with Gasteiger partial charge in [-0.05, 0) is 32.9 Å². The first-order valence-electron chi connectivity index (χ1n) is 5.90. The molecule has 3 heterocycles. The van der Waals surface area contributed by atoms with Crippen LogP contribution in [0.5, 0.6) is 0 Å². The number of nitrogens with one attached hydrogen (secondary N) is 1. The molecule has 80 valence electrons. The van der Waals surface area contributed by atoms with Crippen molar-refractivity contribution in [3.63, 3.8) is 0 Å². The van der Waals surface area contributed by atoms with Crippen LogP contribution in [-0.4, -0.2) is 42.9 Å². The van der Waals surface area contributed by atoms with Gasteiger partial charge in [0, 0.05) is 24.9 Å². The molecule has 3 fully saturated rings. The lowest BCUT2D eigenvalue weighted by Crippen LogP contribution is -2.60. The van der Waals surface area contributed by atoms with Crippen molar-refractivity contribution in [3.8, 4) is 0 Å². The molecule has 3 rings (SSSR count). The van der Waals surface area contributed by atoms with Gasteiger partial charge in [0.15, 0.2) is 0 Å². The molecule has 0 aromatic heterocycles. The zero-order valence-electron chi connectivity index (χ0n) is 8.96. The van der Waals surface area contributed by atoms with E-state index in [4.69, 9.17) is 4.74 Å². The third-order valence-corrected chi connectivity index (χ3v) is 4.26. The normalized spacial score (nSPS) is 48.6. The second-order valence-electron chi connectivity index (χ2n) is 5.08. The Morgan fingerprint density at radius 1 is 1.29 bits per heavy atom. The fraction of sp³-hybridized carbons (Fsp3) is 1.00. The molecule has 0 radical (unpaired) electrons. The van der Waals surface area contributed by atoms with Crippen LogP contribution in [0.4, 0.5) is 0 Å². The lowest BCUT2D eigenvalue weighted by Gasteiger charge is -2.47. The molecule has 2 atom stereocenters. The molecule has 0 amide bonds. The lowest BCUT2D eigenvalue weighted by molar-refractivity contribution is -0.139. The first-order valence-corrected chi connectivity index (χ1v) is 5.90. The first-order chi connectivity index (χ1) is 6.79. The van der Waals surface area contributed by atoms with E-state index in [1.807, 2.05) is 0 Å². The van der Waals surface area contributed by atoms with Crippen molar-refractivity contribution >= 4 is 0 Å². The third-order valence-electron chi connectivity index (χ3n) is 4.26. The molecule has 0 aliphatic carbocycles. The summed E-state index contributed by atoms with van der Waals surface area (Å²) in [6, 6.07) is 1.53. The Balaban J connectivity index is 1.77. The summed E-state index contributed by atoms with van der Waals surface area (Å²) in [6.07, 6.45) is 6.30. The highest BCUT2D eigenvalue weighted by Crippen LogP contribution is 2.40. The highest BCUT2D eigenvalue weighted by atomic mass is 16.5. The van der Waals surface area contributed by atoms with E-state index in [1.165, 1.54) is 32.1 Å². The third kappa shape index (κ3) is 1.30. The molecule has 1 N–H and O–H groups in total. The summed E-state index contributed by atoms with van der Waals surface area (Å²) < 4.78 is 6.00. The minimum atomic E-state index is 0.0522. The van der Waals surface area contributed by atoms with Crippen molar-refractivity contribution in [1.29, 1.82) is 0 Å². The Morgan fingerprint density at radius 3 is 2.57 bits per heavy atom. The van der Waals surface area contributed by atoms with E-state index >= 15 is 0 Å². The number of piperidine rings is 1. The molecule has 14 heavy (non-hydrogen) atoms. The summed E-state index contributed by atoms with van der Waals surface area (Å²) in [6.45, 7) is 2.10. The van der Waals surface area contributed by atoms with Gasteiger partial charge in [-0.15, -0.1) is 0 Å². The van der Waals surface area contributed by atoms with Gasteiger partial charge in [0.05, 0.1) is 6.61 Å². The van der Waals surface area contributed by atoms with E-state index < -0.39 is 0 Å². The Kier molecular flexibility index (Phi) is 2.08. The van der Waals surface area contributed by atoms with Gasteiger partial charge in [0.1, 0.15) is 5.72 Å². The summed E-state index contributed by atoms with van der Waals surface area (Å²) in [5.74, 6) is 0. The van der Waals surface area contributed by atoms with Gasteiger partial charge < -0.3 is 9.64 Å². The fourth-order valence-corrected chi connectivity index (χ4v) is 3.40. The second kappa shape index (κ2) is 3.19. The van der Waals surface area contributed by atoms with Gasteiger partial charge in [-0.2, -0.15) is 0 Å². The molecule has 0 saturated carbocycles. The molecule has 0 aromatic rings. The maximum atomic E-state index is 6.00. The van der Waals surface area contributed by atoms with Crippen molar-refractivity contribution in [2.24, 2.45) is 0 Å². The van der Waals surface area contributed by atoms with Crippen molar-refractivity contribution in [3.05, 3.63) is 0 Å². The average Bonchev–Trinajstić information content (AvgIpc) is 2.45. The number of hydrogen-bond donors (Lipinski definition) is 1. The van der Waals surface area contributed by atoms with Crippen LogP contribution in [0.3, 0.4) is 0 Å². The van der Waals surface area contributed by atoms with Crippen LogP contribution >= 0.6 is 0 Å². The van der Waals surface area contributed by atoms with E-state index in [0.29, 0.717) is 0 Å². The van der Waals surface area contributed by atoms with Crippen LogP contribution in [0.2, 0.25) is 0 Å². The number of fused-ring (bicyclic) bond motifs is 2. The van der Waals surface area contributed by atoms with Crippen molar-refractivity contribution < 1.29 is 4.74 Å². The van der Waals surface area contributed by atoms with E-state index in [2.05, 4.69) is 17.3 Å². The van der Waals surface area contributed by atoms with Crippen LogP contribution in [-0.2, 0) is 4.74 Å². The van der Waals surface area contributed by atoms with E-state index in [9.17, 15) is 0 Å². The fourth-order valence-electron chi connectivity index (χ4n) is 3.40. The van der Waals surface area contributed by atoms with E-state index in [-0.39, 0.29) is 5.72 Å². The van der Waals surface area contributed by atoms with Gasteiger partial charge in [-0.25, -0.2) is 0 Å². The van der Waals surface area contributed by atoms with Gasteiger partial charge in [-0.1, -0.05) is 0 Å². The van der Waals surface area contributed by atoms with Crippen LogP contribution < -0.4 is 5.32 Å². The number of rotatable bonds is 0. The summed E-state index contributed by atoms with van der Waals surface area (Å²) in [5, 5.41) is 3.61. The Morgan fingerprint density at radius 2 is 2.00 bits per heavy atom. The van der Waals surface area contributed by atoms with Gasteiger partial charge in [0.25, 0.3) is 0 Å². The molecule has 3 aliphatic rings. The maximum Gasteiger partial charge on any atom is 0.122 e. The zero-order valence-corrected chi connectivity index (χ0v) is 8.96. The van der Waals surface area contributed by atoms with Gasteiger partial charge in [-0.3, -0.25) is 5.32 Å². The summed E-state index contributed by atoms with van der Waals surface area (Å²) in [7, 11) is 2.28. The molecule has 0 aromatic carbocycles. The highest BCUT2D eigenvalue weighted by Gasteiger charge is 2.48. The molecule has 3 saturated heterocycles. The standard InChI is InChI=1S/C11H20N2O/c1-13-9-3-4-10(13)8-11(7-9)12-5-2-6-14-11/h9-10,12H,2-8H2,1H3. The Hall–Kier alpha value is -0.120. The van der Waals surface area contributed by atoms with E-state index in [0.717, 1.165) is 25.2 Å². The van der Waals surface area contributed by atoms with Crippen LogP contribution in [0.15, 0.2) is 0 Å². The topological polar surface area (TPSA) is 24.5 Å². The Bertz CT molecular complexity index is 209. The Labute approximate surface area is 85.8 Å². The smallest absolute Gasteiger partial charge is 0.122 e. The minimum absolute atomic E-state index is 0.0522. The summed E-state index contributed by atoms with van der Waals surface area (Å²) in [5.41, 5.74) is 0.0522. The number of nitrogens with zero attached hydrogens (tertiary/aromatic N) is 1. The SMILES string of the molecule is CN1C2CCC1CC1(C2)NCCCO1. The van der Waals surface area contributed by atoms with Crippen molar-refractivity contribution in [2.45, 2.75) is 49.9 Å². The van der Waals surface area contributed by atoms with Crippen LogP contribution in [0.1, 0.15) is 32.1 Å². The molecule has 2 unspecified atom stereocenters. The molecular formula is C11H20N2O. The van der Waals surface area contributed by atoms with Crippen molar-refractivity contribution in [1.82, 2.24) is 10.2 Å². The van der Waals surface area contributed by atoms with Crippen molar-refractivity contribution in [2.75, 3.05) is 20.2 Å². The largest absolute Gasteiger partial charge is 0.360 e. The second-order valence-corrected chi connectivity index (χ2v) is 5.08. The predicted molar refractivity (Wildman–Crippen MR) is 55.1 cm³/mol. The molecule has 3 nitrogen and oxygen atoms in total. The molecule has 1 spiro atoms. The summed E-state index contributed by atoms with van der Waals surface area (Å²) in [4.78, 5) is 2.56. The van der Waals surface area contributed by atoms with E-state index in [1.54, 1.807) is 0 Å². The minimum Gasteiger partial charge on any atom is -0.360 e. The molecule has 2 bridgehead atoms. The molecular weight excluding hydrogens is 176 g/mol. The lowest BCUT2D eigenvalue weighted by atomic mass is 9.92.